The summed E-state index contributed by atoms with van der Waals surface area (Å²) in [6.45, 7) is 10.3. The van der Waals surface area contributed by atoms with Gasteiger partial charge >= 0.3 is 0 Å². The summed E-state index contributed by atoms with van der Waals surface area (Å²) in [4.78, 5) is 32.5. The third-order valence-corrected chi connectivity index (χ3v) is 6.68. The van der Waals surface area contributed by atoms with Crippen LogP contribution in [-0.2, 0) is 22.7 Å². The standard InChI is InChI=1S/C28H37N7O3/c1-19(2)29-12-13-34(18-27(37)33(5)35-16-23-8-6-7-9-24(23)17-35)26(36)15-30-25-14-22(11-10-20(25)3)28-31-21(4)38-32-28/h6-11,14,19,29-30H,12-13,15-18H2,1-5H3. The molecule has 0 saturated carbocycles. The number of nitrogens with one attached hydrogen (secondary N) is 2. The molecule has 0 fully saturated rings. The normalized spacial score (nSPS) is 13.0. The fourth-order valence-corrected chi connectivity index (χ4v) is 4.38. The van der Waals surface area contributed by atoms with Crippen LogP contribution in [0, 0.1) is 13.8 Å². The van der Waals surface area contributed by atoms with E-state index in [1.807, 2.05) is 42.3 Å². The number of rotatable bonds is 11. The number of hydrogen-bond acceptors (Lipinski definition) is 8. The molecule has 10 nitrogen and oxygen atoms in total. The molecular formula is C28H37N7O3. The molecule has 2 aromatic carbocycles. The number of aromatic nitrogens is 2. The van der Waals surface area contributed by atoms with Crippen LogP contribution in [0.1, 0.15) is 36.4 Å². The summed E-state index contributed by atoms with van der Waals surface area (Å²) in [5, 5.41) is 14.2. The number of anilines is 1. The summed E-state index contributed by atoms with van der Waals surface area (Å²) in [5.41, 5.74) is 5.03. The highest BCUT2D eigenvalue weighted by Crippen LogP contribution is 2.24. The summed E-state index contributed by atoms with van der Waals surface area (Å²) in [6, 6.07) is 14.3. The maximum absolute atomic E-state index is 13.3. The van der Waals surface area contributed by atoms with E-state index < -0.39 is 0 Å². The summed E-state index contributed by atoms with van der Waals surface area (Å²) in [5.74, 6) is 0.711. The molecular weight excluding hydrogens is 482 g/mol. The largest absolute Gasteiger partial charge is 0.376 e. The zero-order chi connectivity index (χ0) is 27.2. The highest BCUT2D eigenvalue weighted by atomic mass is 16.5. The van der Waals surface area contributed by atoms with E-state index in [0.29, 0.717) is 37.9 Å². The SMILES string of the molecule is Cc1nc(-c2ccc(C)c(NCC(=O)N(CCNC(C)C)CC(=O)N(C)N3Cc4ccccc4C3)c2)no1. The van der Waals surface area contributed by atoms with Crippen molar-refractivity contribution in [1.82, 2.24) is 30.4 Å². The Hall–Kier alpha value is -3.76. The molecule has 2 heterocycles. The van der Waals surface area contributed by atoms with Gasteiger partial charge in [-0.25, -0.2) is 5.01 Å². The Morgan fingerprint density at radius 2 is 1.79 bits per heavy atom. The van der Waals surface area contributed by atoms with E-state index in [2.05, 4.69) is 46.8 Å². The van der Waals surface area contributed by atoms with E-state index >= 15 is 0 Å². The Balaban J connectivity index is 1.40. The number of hydrogen-bond donors (Lipinski definition) is 2. The van der Waals surface area contributed by atoms with Crippen molar-refractivity contribution in [2.75, 3.05) is 38.5 Å². The molecule has 0 aliphatic carbocycles. The average molecular weight is 520 g/mol. The Labute approximate surface area is 224 Å². The van der Waals surface area contributed by atoms with Gasteiger partial charge in [-0.2, -0.15) is 4.98 Å². The van der Waals surface area contributed by atoms with Gasteiger partial charge in [0, 0.05) is 57.4 Å². The topological polar surface area (TPSA) is 107 Å². The van der Waals surface area contributed by atoms with E-state index in [0.717, 1.165) is 16.8 Å². The lowest BCUT2D eigenvalue weighted by Gasteiger charge is -2.31. The van der Waals surface area contributed by atoms with Crippen LogP contribution in [0.3, 0.4) is 0 Å². The first-order valence-corrected chi connectivity index (χ1v) is 13.0. The van der Waals surface area contributed by atoms with Crippen LogP contribution in [0.15, 0.2) is 47.0 Å². The van der Waals surface area contributed by atoms with E-state index in [1.54, 1.807) is 23.9 Å². The van der Waals surface area contributed by atoms with Crippen molar-refractivity contribution in [3.63, 3.8) is 0 Å². The number of likely N-dealkylation sites (N-methyl/N-ethyl adjacent to an activating group) is 1. The van der Waals surface area contributed by atoms with E-state index in [-0.39, 0.29) is 30.9 Å². The van der Waals surface area contributed by atoms with Gasteiger partial charge in [-0.1, -0.05) is 55.4 Å². The van der Waals surface area contributed by atoms with E-state index in [1.165, 1.54) is 11.1 Å². The number of fused-ring (bicyclic) bond motifs is 1. The second kappa shape index (κ2) is 12.2. The Kier molecular flexibility index (Phi) is 8.75. The molecule has 0 unspecified atom stereocenters. The number of aryl methyl sites for hydroxylation is 2. The number of nitrogens with zero attached hydrogens (tertiary/aromatic N) is 5. The van der Waals surface area contributed by atoms with Crippen LogP contribution in [0.25, 0.3) is 11.4 Å². The molecule has 38 heavy (non-hydrogen) atoms. The molecule has 202 valence electrons. The lowest BCUT2D eigenvalue weighted by Crippen LogP contribution is -2.49. The fraction of sp³-hybridized carbons (Fsp3) is 0.429. The van der Waals surface area contributed by atoms with Gasteiger partial charge in [0.25, 0.3) is 5.91 Å². The van der Waals surface area contributed by atoms with Crippen LogP contribution < -0.4 is 10.6 Å². The van der Waals surface area contributed by atoms with Gasteiger partial charge in [0.05, 0.1) is 6.54 Å². The summed E-state index contributed by atoms with van der Waals surface area (Å²) in [7, 11) is 1.77. The van der Waals surface area contributed by atoms with Gasteiger partial charge in [-0.15, -0.1) is 0 Å². The van der Waals surface area contributed by atoms with Crippen LogP contribution in [-0.4, -0.2) is 76.1 Å². The van der Waals surface area contributed by atoms with Crippen LogP contribution >= 0.6 is 0 Å². The minimum atomic E-state index is -0.151. The molecule has 2 amide bonds. The molecule has 10 heteroatoms. The molecule has 2 N–H and O–H groups in total. The van der Waals surface area contributed by atoms with Crippen molar-refractivity contribution in [3.05, 3.63) is 65.0 Å². The molecule has 1 aliphatic heterocycles. The number of hydrazine groups is 1. The number of benzene rings is 2. The molecule has 1 aliphatic rings. The van der Waals surface area contributed by atoms with Gasteiger partial charge < -0.3 is 20.1 Å². The second-order valence-electron chi connectivity index (χ2n) is 9.95. The highest BCUT2D eigenvalue weighted by Gasteiger charge is 2.27. The van der Waals surface area contributed by atoms with Gasteiger partial charge in [0.2, 0.25) is 17.6 Å². The van der Waals surface area contributed by atoms with Crippen molar-refractivity contribution in [3.8, 4) is 11.4 Å². The zero-order valence-electron chi connectivity index (χ0n) is 22.8. The monoisotopic (exact) mass is 519 g/mol. The predicted octanol–water partition coefficient (Wildman–Crippen LogP) is 2.98. The molecule has 0 bridgehead atoms. The van der Waals surface area contributed by atoms with Crippen molar-refractivity contribution in [1.29, 1.82) is 0 Å². The maximum atomic E-state index is 13.3. The van der Waals surface area contributed by atoms with Crippen molar-refractivity contribution in [2.24, 2.45) is 0 Å². The van der Waals surface area contributed by atoms with Gasteiger partial charge in [-0.05, 0) is 29.7 Å². The van der Waals surface area contributed by atoms with E-state index in [9.17, 15) is 9.59 Å². The summed E-state index contributed by atoms with van der Waals surface area (Å²) >= 11 is 0. The quantitative estimate of drug-likeness (QED) is 0.398. The van der Waals surface area contributed by atoms with Gasteiger partial charge in [0.1, 0.15) is 6.54 Å². The molecule has 1 aromatic heterocycles. The van der Waals surface area contributed by atoms with Crippen molar-refractivity contribution in [2.45, 2.75) is 46.8 Å². The average Bonchev–Trinajstić information content (AvgIpc) is 3.53. The molecule has 0 spiro atoms. The first-order chi connectivity index (χ1) is 18.2. The summed E-state index contributed by atoms with van der Waals surface area (Å²) in [6.07, 6.45) is 0. The molecule has 0 radical (unpaired) electrons. The second-order valence-corrected chi connectivity index (χ2v) is 9.95. The molecule has 0 atom stereocenters. The smallest absolute Gasteiger partial charge is 0.256 e. The number of carbonyl (C=O) groups is 2. The highest BCUT2D eigenvalue weighted by molar-refractivity contribution is 5.87. The minimum absolute atomic E-state index is 0.00475. The molecule has 0 saturated heterocycles. The van der Waals surface area contributed by atoms with Gasteiger partial charge in [-0.3, -0.25) is 14.6 Å². The van der Waals surface area contributed by atoms with Crippen LogP contribution in [0.2, 0.25) is 0 Å². The maximum Gasteiger partial charge on any atom is 0.256 e. The van der Waals surface area contributed by atoms with Crippen LogP contribution in [0.5, 0.6) is 0 Å². The minimum Gasteiger partial charge on any atom is -0.376 e. The third kappa shape index (κ3) is 6.76. The number of amides is 2. The lowest BCUT2D eigenvalue weighted by molar-refractivity contribution is -0.151. The lowest BCUT2D eigenvalue weighted by atomic mass is 10.1. The first-order valence-electron chi connectivity index (χ1n) is 13.0. The van der Waals surface area contributed by atoms with E-state index in [4.69, 9.17) is 4.52 Å². The van der Waals surface area contributed by atoms with Crippen molar-refractivity contribution >= 4 is 17.5 Å². The fourth-order valence-electron chi connectivity index (χ4n) is 4.38. The predicted molar refractivity (Wildman–Crippen MR) is 146 cm³/mol. The number of carbonyl (C=O) groups excluding carboxylic acids is 2. The van der Waals surface area contributed by atoms with Crippen LogP contribution in [0.4, 0.5) is 5.69 Å². The summed E-state index contributed by atoms with van der Waals surface area (Å²) < 4.78 is 5.10. The molecule has 3 aromatic rings. The Morgan fingerprint density at radius 3 is 2.42 bits per heavy atom. The zero-order valence-corrected chi connectivity index (χ0v) is 22.8. The molecule has 4 rings (SSSR count). The first kappa shape index (κ1) is 27.3. The Bertz CT molecular complexity index is 1250. The van der Waals surface area contributed by atoms with Crippen molar-refractivity contribution < 1.29 is 14.1 Å². The Morgan fingerprint density at radius 1 is 1.08 bits per heavy atom. The third-order valence-electron chi connectivity index (χ3n) is 6.68. The van der Waals surface area contributed by atoms with Gasteiger partial charge in [0.15, 0.2) is 0 Å².